The summed E-state index contributed by atoms with van der Waals surface area (Å²) in [4.78, 5) is 14.9. The number of carbonyl (C=O) groups excluding carboxylic acids is 1. The van der Waals surface area contributed by atoms with Crippen LogP contribution in [0, 0.1) is 0 Å². The molecule has 0 aromatic carbocycles. The van der Waals surface area contributed by atoms with Gasteiger partial charge in [0, 0.05) is 20.2 Å². The molecule has 0 radical (unpaired) electrons. The van der Waals surface area contributed by atoms with Crippen molar-refractivity contribution < 1.29 is 22.7 Å². The molecule has 2 fully saturated rings. The number of alkyl halides is 3. The summed E-state index contributed by atoms with van der Waals surface area (Å²) in [5.41, 5.74) is 0. The van der Waals surface area contributed by atoms with Crippen LogP contribution in [0.15, 0.2) is 0 Å². The quantitative estimate of drug-likeness (QED) is 0.780. The van der Waals surface area contributed by atoms with Crippen LogP contribution in [0.2, 0.25) is 0 Å². The second kappa shape index (κ2) is 5.66. The molecule has 2 aliphatic heterocycles. The molecule has 2 rings (SSSR count). The number of nitrogens with zero attached hydrogens (tertiary/aromatic N) is 2. The number of piperidine rings is 1. The number of halogens is 3. The van der Waals surface area contributed by atoms with Crippen LogP contribution in [0.5, 0.6) is 0 Å². The van der Waals surface area contributed by atoms with E-state index in [0.29, 0.717) is 13.0 Å². The molecule has 0 unspecified atom stereocenters. The molecule has 0 saturated carbocycles. The van der Waals surface area contributed by atoms with Gasteiger partial charge in [-0.1, -0.05) is 0 Å². The zero-order valence-corrected chi connectivity index (χ0v) is 10.9. The van der Waals surface area contributed by atoms with Gasteiger partial charge >= 0.3 is 6.18 Å². The highest BCUT2D eigenvalue weighted by molar-refractivity contribution is 5.84. The van der Waals surface area contributed by atoms with E-state index in [9.17, 15) is 18.0 Å². The largest absolute Gasteiger partial charge is 0.406 e. The van der Waals surface area contributed by atoms with Crippen molar-refractivity contribution in [2.45, 2.75) is 37.6 Å². The standard InChI is InChI=1S/C12H19F3N2O2/c1-19-9-3-2-5-16(7-9)10-4-6-17(11(10)18)8-12(13,14)15/h9-10H,2-8H2,1H3/t9-,10-/m1/s1. The van der Waals surface area contributed by atoms with Gasteiger partial charge in [0.15, 0.2) is 0 Å². The van der Waals surface area contributed by atoms with Gasteiger partial charge < -0.3 is 9.64 Å². The minimum absolute atomic E-state index is 0.0817. The molecule has 0 aliphatic carbocycles. The van der Waals surface area contributed by atoms with Crippen molar-refractivity contribution in [3.63, 3.8) is 0 Å². The van der Waals surface area contributed by atoms with Gasteiger partial charge in [0.05, 0.1) is 12.1 Å². The lowest BCUT2D eigenvalue weighted by molar-refractivity contribution is -0.159. The van der Waals surface area contributed by atoms with E-state index in [4.69, 9.17) is 4.74 Å². The Morgan fingerprint density at radius 2 is 2.05 bits per heavy atom. The smallest absolute Gasteiger partial charge is 0.380 e. The molecular weight excluding hydrogens is 261 g/mol. The number of likely N-dealkylation sites (tertiary alicyclic amines) is 2. The molecule has 7 heteroatoms. The number of hydrogen-bond acceptors (Lipinski definition) is 3. The zero-order chi connectivity index (χ0) is 14.0. The SMILES string of the molecule is CO[C@@H]1CCCN([C@@H]2CCN(CC(F)(F)F)C2=O)C1. The first-order valence-electron chi connectivity index (χ1n) is 6.53. The van der Waals surface area contributed by atoms with Gasteiger partial charge in [0.25, 0.3) is 0 Å². The summed E-state index contributed by atoms with van der Waals surface area (Å²) in [5, 5.41) is 0. The normalized spacial score (nSPS) is 30.1. The number of amides is 1. The lowest BCUT2D eigenvalue weighted by atomic mass is 10.1. The molecule has 2 saturated heterocycles. The minimum Gasteiger partial charge on any atom is -0.380 e. The molecule has 0 N–H and O–H groups in total. The molecule has 0 aromatic rings. The summed E-state index contributed by atoms with van der Waals surface area (Å²) in [6, 6.07) is -0.403. The van der Waals surface area contributed by atoms with E-state index in [1.165, 1.54) is 0 Å². The van der Waals surface area contributed by atoms with Gasteiger partial charge in [-0.05, 0) is 25.8 Å². The van der Waals surface area contributed by atoms with Gasteiger partial charge in [-0.3, -0.25) is 9.69 Å². The Hall–Kier alpha value is -0.820. The highest BCUT2D eigenvalue weighted by Gasteiger charge is 2.42. The molecule has 19 heavy (non-hydrogen) atoms. The number of carbonyl (C=O) groups is 1. The van der Waals surface area contributed by atoms with E-state index in [0.717, 1.165) is 24.3 Å². The Kier molecular flexibility index (Phi) is 4.35. The van der Waals surface area contributed by atoms with Gasteiger partial charge in [-0.15, -0.1) is 0 Å². The summed E-state index contributed by atoms with van der Waals surface area (Å²) >= 11 is 0. The molecule has 2 aliphatic rings. The monoisotopic (exact) mass is 280 g/mol. The van der Waals surface area contributed by atoms with E-state index in [2.05, 4.69) is 0 Å². The van der Waals surface area contributed by atoms with Gasteiger partial charge in [-0.2, -0.15) is 13.2 Å². The predicted octanol–water partition coefficient (Wildman–Crippen LogP) is 1.26. The molecule has 0 aromatic heterocycles. The van der Waals surface area contributed by atoms with Crippen molar-refractivity contribution in [1.82, 2.24) is 9.80 Å². The van der Waals surface area contributed by atoms with Crippen LogP contribution in [-0.4, -0.2) is 67.3 Å². The van der Waals surface area contributed by atoms with Crippen LogP contribution >= 0.6 is 0 Å². The maximum Gasteiger partial charge on any atom is 0.406 e. The lowest BCUT2D eigenvalue weighted by Gasteiger charge is -2.35. The van der Waals surface area contributed by atoms with Crippen LogP contribution in [-0.2, 0) is 9.53 Å². The molecule has 4 nitrogen and oxygen atoms in total. The first-order valence-corrected chi connectivity index (χ1v) is 6.53. The van der Waals surface area contributed by atoms with Gasteiger partial charge in [0.1, 0.15) is 6.54 Å². The summed E-state index contributed by atoms with van der Waals surface area (Å²) in [6.07, 6.45) is -1.90. The number of hydrogen-bond donors (Lipinski definition) is 0. The molecule has 0 spiro atoms. The fourth-order valence-electron chi connectivity index (χ4n) is 2.88. The number of methoxy groups -OCH3 is 1. The summed E-state index contributed by atoms with van der Waals surface area (Å²) in [6.45, 7) is 0.448. The summed E-state index contributed by atoms with van der Waals surface area (Å²) in [5.74, 6) is -0.394. The van der Waals surface area contributed by atoms with Crippen LogP contribution < -0.4 is 0 Å². The van der Waals surface area contributed by atoms with Crippen molar-refractivity contribution in [1.29, 1.82) is 0 Å². The van der Waals surface area contributed by atoms with E-state index < -0.39 is 24.7 Å². The predicted molar refractivity (Wildman–Crippen MR) is 62.6 cm³/mol. The number of rotatable bonds is 3. The third kappa shape index (κ3) is 3.60. The van der Waals surface area contributed by atoms with E-state index in [1.807, 2.05) is 4.90 Å². The van der Waals surface area contributed by atoms with Crippen molar-refractivity contribution in [3.8, 4) is 0 Å². The Morgan fingerprint density at radius 1 is 1.32 bits per heavy atom. The highest BCUT2D eigenvalue weighted by atomic mass is 19.4. The number of ether oxygens (including phenoxy) is 1. The fraction of sp³-hybridized carbons (Fsp3) is 0.917. The average Bonchev–Trinajstić information content (AvgIpc) is 2.69. The Balaban J connectivity index is 1.94. The third-order valence-corrected chi connectivity index (χ3v) is 3.82. The van der Waals surface area contributed by atoms with E-state index >= 15 is 0 Å². The Morgan fingerprint density at radius 3 is 2.68 bits per heavy atom. The molecule has 2 heterocycles. The average molecular weight is 280 g/mol. The second-order valence-electron chi connectivity index (χ2n) is 5.17. The van der Waals surface area contributed by atoms with Gasteiger partial charge in [-0.25, -0.2) is 0 Å². The molecule has 110 valence electrons. The van der Waals surface area contributed by atoms with Crippen molar-refractivity contribution in [2.75, 3.05) is 33.3 Å². The van der Waals surface area contributed by atoms with Crippen LogP contribution in [0.3, 0.4) is 0 Å². The first-order chi connectivity index (χ1) is 8.90. The van der Waals surface area contributed by atoms with Gasteiger partial charge in [0.2, 0.25) is 5.91 Å². The van der Waals surface area contributed by atoms with Crippen LogP contribution in [0.1, 0.15) is 19.3 Å². The van der Waals surface area contributed by atoms with E-state index in [-0.39, 0.29) is 12.6 Å². The Labute approximate surface area is 110 Å². The third-order valence-electron chi connectivity index (χ3n) is 3.82. The van der Waals surface area contributed by atoms with Crippen LogP contribution in [0.4, 0.5) is 13.2 Å². The van der Waals surface area contributed by atoms with E-state index in [1.54, 1.807) is 7.11 Å². The second-order valence-corrected chi connectivity index (χ2v) is 5.17. The maximum absolute atomic E-state index is 12.3. The molecular formula is C12H19F3N2O2. The minimum atomic E-state index is -4.32. The van der Waals surface area contributed by atoms with Crippen molar-refractivity contribution in [2.24, 2.45) is 0 Å². The maximum atomic E-state index is 12.3. The first kappa shape index (κ1) is 14.6. The Bertz CT molecular complexity index is 335. The summed E-state index contributed by atoms with van der Waals surface area (Å²) in [7, 11) is 1.63. The molecule has 0 bridgehead atoms. The topological polar surface area (TPSA) is 32.8 Å². The fourth-order valence-corrected chi connectivity index (χ4v) is 2.88. The van der Waals surface area contributed by atoms with Crippen molar-refractivity contribution >= 4 is 5.91 Å². The highest BCUT2D eigenvalue weighted by Crippen LogP contribution is 2.25. The zero-order valence-electron chi connectivity index (χ0n) is 10.9. The molecule has 2 atom stereocenters. The van der Waals surface area contributed by atoms with Crippen LogP contribution in [0.25, 0.3) is 0 Å². The molecule has 1 amide bonds. The summed E-state index contributed by atoms with van der Waals surface area (Å²) < 4.78 is 42.3. The van der Waals surface area contributed by atoms with Crippen molar-refractivity contribution in [3.05, 3.63) is 0 Å². The lowest BCUT2D eigenvalue weighted by Crippen LogP contribution is -2.49.